The molecule has 0 fully saturated rings. The van der Waals surface area contributed by atoms with Crippen molar-refractivity contribution >= 4 is 22.6 Å². The van der Waals surface area contributed by atoms with Gasteiger partial charge < -0.3 is 0 Å². The summed E-state index contributed by atoms with van der Waals surface area (Å²) in [6.45, 7) is 15.9. The van der Waals surface area contributed by atoms with Crippen molar-refractivity contribution in [1.82, 2.24) is 0 Å². The summed E-state index contributed by atoms with van der Waals surface area (Å²) in [6.07, 6.45) is 2.19. The van der Waals surface area contributed by atoms with E-state index in [0.717, 1.165) is 12.8 Å². The zero-order valence-electron chi connectivity index (χ0n) is 15.6. The molecule has 0 aliphatic heterocycles. The van der Waals surface area contributed by atoms with E-state index in [4.69, 9.17) is 0 Å². The van der Waals surface area contributed by atoms with Gasteiger partial charge in [0.25, 0.3) is 0 Å². The Bertz CT molecular complexity index is 662. The zero-order chi connectivity index (χ0) is 17.4. The van der Waals surface area contributed by atoms with Gasteiger partial charge in [-0.05, 0) is 95.1 Å². The van der Waals surface area contributed by atoms with Crippen molar-refractivity contribution in [2.45, 2.75) is 66.7 Å². The highest BCUT2D eigenvalue weighted by Gasteiger charge is 2.25. The predicted molar refractivity (Wildman–Crippen MR) is 111 cm³/mol. The summed E-state index contributed by atoms with van der Waals surface area (Å²) >= 11 is 2.49. The minimum absolute atomic E-state index is 0.0292. The van der Waals surface area contributed by atoms with Crippen LogP contribution in [0.25, 0.3) is 0 Å². The highest BCUT2D eigenvalue weighted by atomic mass is 127. The van der Waals surface area contributed by atoms with Crippen LogP contribution in [0.5, 0.6) is 0 Å². The monoisotopic (exact) mass is 420 g/mol. The lowest BCUT2D eigenvalue weighted by Gasteiger charge is -2.29. The van der Waals surface area contributed by atoms with Crippen LogP contribution >= 0.6 is 22.6 Å². The molecule has 0 heterocycles. The average molecular weight is 420 g/mol. The fourth-order valence-electron chi connectivity index (χ4n) is 3.29. The highest BCUT2D eigenvalue weighted by molar-refractivity contribution is 14.1. The third-order valence-corrected chi connectivity index (χ3v) is 6.85. The number of aryl methyl sites for hydroxylation is 4. The van der Waals surface area contributed by atoms with Crippen LogP contribution in [0.1, 0.15) is 66.6 Å². The quantitative estimate of drug-likeness (QED) is 0.485. The highest BCUT2D eigenvalue weighted by Crippen LogP contribution is 2.36. The second-order valence-electron chi connectivity index (χ2n) is 7.18. The Morgan fingerprint density at radius 1 is 0.783 bits per heavy atom. The van der Waals surface area contributed by atoms with Gasteiger partial charge in [-0.3, -0.25) is 0 Å². The number of hydrogen-bond donors (Lipinski definition) is 0. The minimum Gasteiger partial charge on any atom is -0.0613 e. The lowest BCUT2D eigenvalue weighted by Crippen LogP contribution is -2.20. The Hall–Kier alpha value is -0.830. The van der Waals surface area contributed by atoms with Crippen LogP contribution in [0.4, 0.5) is 0 Å². The molecule has 0 bridgehead atoms. The molecule has 0 aliphatic rings. The topological polar surface area (TPSA) is 0 Å². The maximum absolute atomic E-state index is 2.49. The van der Waals surface area contributed by atoms with Gasteiger partial charge in [-0.2, -0.15) is 0 Å². The molecule has 0 aromatic heterocycles. The van der Waals surface area contributed by atoms with E-state index in [1.54, 1.807) is 0 Å². The van der Waals surface area contributed by atoms with Gasteiger partial charge >= 0.3 is 0 Å². The Balaban J connectivity index is 2.63. The predicted octanol–water partition coefficient (Wildman–Crippen LogP) is 6.67. The van der Waals surface area contributed by atoms with Crippen molar-refractivity contribution in [3.05, 3.63) is 66.8 Å². The van der Waals surface area contributed by atoms with Gasteiger partial charge in [-0.1, -0.05) is 52.0 Å². The number of benzene rings is 2. The first kappa shape index (κ1) is 18.5. The molecule has 0 amide bonds. The van der Waals surface area contributed by atoms with Crippen LogP contribution in [-0.4, -0.2) is 0 Å². The Kier molecular flexibility index (Phi) is 5.60. The standard InChI is InChI=1S/C22H29I/c1-8-17-12-19(10-14(3)16(17)5)22(6,7)20-11-15(4)21(23)18(9-2)13-20/h10-13H,8-9H2,1-7H3. The number of rotatable bonds is 4. The summed E-state index contributed by atoms with van der Waals surface area (Å²) in [7, 11) is 0. The van der Waals surface area contributed by atoms with Crippen LogP contribution in [0.3, 0.4) is 0 Å². The first-order chi connectivity index (χ1) is 10.7. The molecule has 1 heteroatoms. The van der Waals surface area contributed by atoms with Crippen molar-refractivity contribution in [3.8, 4) is 0 Å². The van der Waals surface area contributed by atoms with Crippen LogP contribution in [0.15, 0.2) is 24.3 Å². The summed E-state index contributed by atoms with van der Waals surface area (Å²) in [5, 5.41) is 0. The molecule has 23 heavy (non-hydrogen) atoms. The van der Waals surface area contributed by atoms with Crippen molar-refractivity contribution in [3.63, 3.8) is 0 Å². The molecule has 2 aromatic rings. The van der Waals surface area contributed by atoms with E-state index in [1.165, 1.54) is 42.5 Å². The van der Waals surface area contributed by atoms with Gasteiger partial charge in [-0.25, -0.2) is 0 Å². The fraction of sp³-hybridized carbons (Fsp3) is 0.455. The van der Waals surface area contributed by atoms with Crippen molar-refractivity contribution in [2.24, 2.45) is 0 Å². The Morgan fingerprint density at radius 3 is 1.78 bits per heavy atom. The van der Waals surface area contributed by atoms with E-state index in [0.29, 0.717) is 0 Å². The third kappa shape index (κ3) is 3.50. The van der Waals surface area contributed by atoms with Crippen LogP contribution in [0, 0.1) is 24.3 Å². The van der Waals surface area contributed by atoms with E-state index in [9.17, 15) is 0 Å². The second kappa shape index (κ2) is 6.96. The van der Waals surface area contributed by atoms with Crippen molar-refractivity contribution in [2.75, 3.05) is 0 Å². The fourth-order valence-corrected chi connectivity index (χ4v) is 3.98. The molecule has 2 rings (SSSR count). The Labute approximate surface area is 155 Å². The SMILES string of the molecule is CCc1cc(C(C)(C)c2cc(C)c(I)c(CC)c2)cc(C)c1C. The smallest absolute Gasteiger partial charge is 0.0191 e. The molecule has 2 aromatic carbocycles. The summed E-state index contributed by atoms with van der Waals surface area (Å²) in [6, 6.07) is 9.59. The van der Waals surface area contributed by atoms with E-state index >= 15 is 0 Å². The third-order valence-electron chi connectivity index (χ3n) is 5.31. The molecule has 0 atom stereocenters. The lowest BCUT2D eigenvalue weighted by atomic mass is 9.75. The first-order valence-corrected chi connectivity index (χ1v) is 9.70. The van der Waals surface area contributed by atoms with Crippen molar-refractivity contribution in [1.29, 1.82) is 0 Å². The molecular formula is C22H29I. The maximum Gasteiger partial charge on any atom is 0.0191 e. The summed E-state index contributed by atoms with van der Waals surface area (Å²) in [5.41, 5.74) is 10.1. The molecule has 0 nitrogen and oxygen atoms in total. The molecular weight excluding hydrogens is 391 g/mol. The first-order valence-electron chi connectivity index (χ1n) is 8.62. The van der Waals surface area contributed by atoms with Gasteiger partial charge in [-0.15, -0.1) is 0 Å². The van der Waals surface area contributed by atoms with Gasteiger partial charge in [0, 0.05) is 8.99 Å². The molecule has 0 unspecified atom stereocenters. The zero-order valence-corrected chi connectivity index (χ0v) is 17.8. The van der Waals surface area contributed by atoms with Gasteiger partial charge in [0.05, 0.1) is 0 Å². The molecule has 0 saturated carbocycles. The molecule has 0 spiro atoms. The summed E-state index contributed by atoms with van der Waals surface area (Å²) in [4.78, 5) is 0. The van der Waals surface area contributed by atoms with Crippen LogP contribution < -0.4 is 0 Å². The lowest BCUT2D eigenvalue weighted by molar-refractivity contribution is 0.636. The van der Waals surface area contributed by atoms with Crippen LogP contribution in [0.2, 0.25) is 0 Å². The van der Waals surface area contributed by atoms with E-state index in [-0.39, 0.29) is 5.41 Å². The molecule has 124 valence electrons. The van der Waals surface area contributed by atoms with Gasteiger partial charge in [0.15, 0.2) is 0 Å². The Morgan fingerprint density at radius 2 is 1.26 bits per heavy atom. The summed E-state index contributed by atoms with van der Waals surface area (Å²) < 4.78 is 1.42. The van der Waals surface area contributed by atoms with E-state index in [1.807, 2.05) is 0 Å². The van der Waals surface area contributed by atoms with E-state index < -0.39 is 0 Å². The molecule has 0 radical (unpaired) electrons. The largest absolute Gasteiger partial charge is 0.0613 e. The summed E-state index contributed by atoms with van der Waals surface area (Å²) in [5.74, 6) is 0. The van der Waals surface area contributed by atoms with Gasteiger partial charge in [0.2, 0.25) is 0 Å². The second-order valence-corrected chi connectivity index (χ2v) is 8.25. The van der Waals surface area contributed by atoms with E-state index in [2.05, 4.69) is 95.3 Å². The molecule has 0 saturated heterocycles. The molecule has 0 aliphatic carbocycles. The maximum atomic E-state index is 2.49. The minimum atomic E-state index is 0.0292. The van der Waals surface area contributed by atoms with Crippen molar-refractivity contribution < 1.29 is 0 Å². The van der Waals surface area contributed by atoms with Gasteiger partial charge in [0.1, 0.15) is 0 Å². The average Bonchev–Trinajstić information content (AvgIpc) is 2.52. The normalized spacial score (nSPS) is 11.8. The van der Waals surface area contributed by atoms with Crippen LogP contribution in [-0.2, 0) is 18.3 Å². The molecule has 0 N–H and O–H groups in total. The number of hydrogen-bond acceptors (Lipinski definition) is 0. The number of halogens is 1.